The number of hydrogen-bond donors (Lipinski definition) is 0. The van der Waals surface area contributed by atoms with Crippen LogP contribution in [0.3, 0.4) is 0 Å². The van der Waals surface area contributed by atoms with Gasteiger partial charge in [0.05, 0.1) is 12.5 Å². The summed E-state index contributed by atoms with van der Waals surface area (Å²) in [6.45, 7) is 3.05. The van der Waals surface area contributed by atoms with Crippen molar-refractivity contribution in [1.29, 1.82) is 0 Å². The largest absolute Gasteiger partial charge is 0.465 e. The van der Waals surface area contributed by atoms with Crippen LogP contribution >= 0.6 is 0 Å². The Bertz CT molecular complexity index is 444. The molecule has 6 atom stereocenters. The summed E-state index contributed by atoms with van der Waals surface area (Å²) in [5.41, 5.74) is 0. The van der Waals surface area contributed by atoms with E-state index in [2.05, 4.69) is 0 Å². The van der Waals surface area contributed by atoms with Gasteiger partial charge in [-0.2, -0.15) is 0 Å². The van der Waals surface area contributed by atoms with Crippen LogP contribution in [-0.2, 0) is 28.6 Å². The maximum absolute atomic E-state index is 11.7. The SMILES string of the molecule is CC(=O)O[C@H]1[C@@H]2C[C@@H](OC(C)=O)[C@@H]1[C@H]1COC(=O)[C@H]21. The minimum absolute atomic E-state index is 0.0000463. The van der Waals surface area contributed by atoms with Crippen molar-refractivity contribution >= 4 is 17.9 Å². The molecule has 0 aromatic heterocycles. The first-order chi connectivity index (χ1) is 8.99. The van der Waals surface area contributed by atoms with Crippen molar-refractivity contribution in [3.63, 3.8) is 0 Å². The summed E-state index contributed by atoms with van der Waals surface area (Å²) in [5.74, 6) is -1.33. The third-order valence-corrected chi connectivity index (χ3v) is 4.46. The van der Waals surface area contributed by atoms with E-state index < -0.39 is 0 Å². The lowest BCUT2D eigenvalue weighted by atomic mass is 9.80. The second kappa shape index (κ2) is 4.21. The molecule has 1 saturated heterocycles. The normalized spacial score (nSPS) is 42.7. The summed E-state index contributed by atoms with van der Waals surface area (Å²) >= 11 is 0. The molecular weight excluding hydrogens is 252 g/mol. The average Bonchev–Trinajstić information content (AvgIpc) is 2.89. The number of ether oxygens (including phenoxy) is 3. The van der Waals surface area contributed by atoms with E-state index in [0.717, 1.165) is 0 Å². The fraction of sp³-hybridized carbons (Fsp3) is 0.769. The van der Waals surface area contributed by atoms with Gasteiger partial charge in [-0.15, -0.1) is 0 Å². The van der Waals surface area contributed by atoms with Crippen molar-refractivity contribution in [3.8, 4) is 0 Å². The van der Waals surface area contributed by atoms with Crippen molar-refractivity contribution in [2.24, 2.45) is 23.7 Å². The summed E-state index contributed by atoms with van der Waals surface area (Å²) in [6.07, 6.45) is -0.0364. The Morgan fingerprint density at radius 2 is 1.84 bits per heavy atom. The Kier molecular flexibility index (Phi) is 2.76. The molecule has 1 aliphatic heterocycles. The van der Waals surface area contributed by atoms with Gasteiger partial charge in [0.15, 0.2) is 0 Å². The summed E-state index contributed by atoms with van der Waals surface area (Å²) < 4.78 is 15.7. The molecule has 0 radical (unpaired) electrons. The third kappa shape index (κ3) is 1.81. The van der Waals surface area contributed by atoms with Crippen LogP contribution in [0.25, 0.3) is 0 Å². The number of fused-ring (bicyclic) bond motifs is 5. The second-order valence-electron chi connectivity index (χ2n) is 5.52. The first-order valence-electron chi connectivity index (χ1n) is 6.50. The Balaban J connectivity index is 1.85. The van der Waals surface area contributed by atoms with E-state index in [9.17, 15) is 14.4 Å². The molecule has 3 fully saturated rings. The molecule has 0 spiro atoms. The predicted molar refractivity (Wildman–Crippen MR) is 60.6 cm³/mol. The lowest BCUT2D eigenvalue weighted by Crippen LogP contribution is -2.35. The van der Waals surface area contributed by atoms with Crippen LogP contribution in [0.15, 0.2) is 0 Å². The minimum Gasteiger partial charge on any atom is -0.465 e. The van der Waals surface area contributed by atoms with Gasteiger partial charge in [0.25, 0.3) is 0 Å². The number of cyclic esters (lactones) is 1. The number of hydrogen-bond acceptors (Lipinski definition) is 6. The van der Waals surface area contributed by atoms with E-state index in [1.807, 2.05) is 0 Å². The molecule has 6 nitrogen and oxygen atoms in total. The highest BCUT2D eigenvalue weighted by Gasteiger charge is 2.66. The highest BCUT2D eigenvalue weighted by Crippen LogP contribution is 2.57. The highest BCUT2D eigenvalue weighted by atomic mass is 16.6. The Hall–Kier alpha value is -1.59. The zero-order valence-electron chi connectivity index (χ0n) is 10.8. The summed E-state index contributed by atoms with van der Waals surface area (Å²) in [7, 11) is 0. The molecule has 0 unspecified atom stereocenters. The van der Waals surface area contributed by atoms with Crippen LogP contribution in [0.1, 0.15) is 20.3 Å². The molecule has 2 aliphatic carbocycles. The van der Waals surface area contributed by atoms with Crippen molar-refractivity contribution in [1.82, 2.24) is 0 Å². The van der Waals surface area contributed by atoms with E-state index in [4.69, 9.17) is 14.2 Å². The standard InChI is InChI=1S/C13H16O6/c1-5(14)18-9-3-7-10-8(4-17-13(10)16)11(9)12(7)19-6(2)15/h7-12H,3-4H2,1-2H3/t7-,8+,9-,10-,11+,12+/m1/s1. The van der Waals surface area contributed by atoms with Crippen LogP contribution in [0.5, 0.6) is 0 Å². The smallest absolute Gasteiger partial charge is 0.309 e. The quantitative estimate of drug-likeness (QED) is 0.529. The van der Waals surface area contributed by atoms with Crippen LogP contribution < -0.4 is 0 Å². The van der Waals surface area contributed by atoms with Gasteiger partial charge in [0.1, 0.15) is 12.2 Å². The summed E-state index contributed by atoms with van der Waals surface area (Å²) in [6, 6.07) is 0. The zero-order chi connectivity index (χ0) is 13.7. The van der Waals surface area contributed by atoms with Gasteiger partial charge in [0.2, 0.25) is 0 Å². The van der Waals surface area contributed by atoms with E-state index in [0.29, 0.717) is 13.0 Å². The zero-order valence-corrected chi connectivity index (χ0v) is 10.8. The molecule has 2 saturated carbocycles. The monoisotopic (exact) mass is 268 g/mol. The molecule has 0 aromatic carbocycles. The van der Waals surface area contributed by atoms with Gasteiger partial charge in [-0.1, -0.05) is 0 Å². The molecule has 2 bridgehead atoms. The fourth-order valence-electron chi connectivity index (χ4n) is 4.02. The molecule has 0 amide bonds. The van der Waals surface area contributed by atoms with Crippen molar-refractivity contribution in [2.45, 2.75) is 32.5 Å². The molecule has 6 heteroatoms. The van der Waals surface area contributed by atoms with Gasteiger partial charge in [0, 0.05) is 31.6 Å². The topological polar surface area (TPSA) is 78.9 Å². The van der Waals surface area contributed by atoms with E-state index in [1.165, 1.54) is 13.8 Å². The summed E-state index contributed by atoms with van der Waals surface area (Å²) in [5, 5.41) is 0. The third-order valence-electron chi connectivity index (χ3n) is 4.46. The van der Waals surface area contributed by atoms with E-state index in [1.54, 1.807) is 0 Å². The average molecular weight is 268 g/mol. The molecule has 0 N–H and O–H groups in total. The van der Waals surface area contributed by atoms with Crippen molar-refractivity contribution in [3.05, 3.63) is 0 Å². The maximum Gasteiger partial charge on any atom is 0.309 e. The Morgan fingerprint density at radius 1 is 1.16 bits per heavy atom. The first kappa shape index (κ1) is 12.4. The maximum atomic E-state index is 11.7. The lowest BCUT2D eigenvalue weighted by Gasteiger charge is -2.27. The van der Waals surface area contributed by atoms with Gasteiger partial charge < -0.3 is 14.2 Å². The van der Waals surface area contributed by atoms with Crippen LogP contribution in [0.2, 0.25) is 0 Å². The molecule has 0 aromatic rings. The Morgan fingerprint density at radius 3 is 2.47 bits per heavy atom. The molecule has 1 heterocycles. The van der Waals surface area contributed by atoms with Crippen LogP contribution in [-0.4, -0.2) is 36.7 Å². The van der Waals surface area contributed by atoms with Gasteiger partial charge in [-0.25, -0.2) is 0 Å². The second-order valence-corrected chi connectivity index (χ2v) is 5.52. The van der Waals surface area contributed by atoms with E-state index >= 15 is 0 Å². The number of carbonyl (C=O) groups is 3. The fourth-order valence-corrected chi connectivity index (χ4v) is 4.02. The number of rotatable bonds is 2. The van der Waals surface area contributed by atoms with Crippen molar-refractivity contribution in [2.75, 3.05) is 6.61 Å². The molecule has 19 heavy (non-hydrogen) atoms. The number of esters is 3. The molecular formula is C13H16O6. The van der Waals surface area contributed by atoms with Gasteiger partial charge >= 0.3 is 17.9 Å². The molecule has 104 valence electrons. The Labute approximate surface area is 110 Å². The van der Waals surface area contributed by atoms with E-state index in [-0.39, 0.29) is 53.8 Å². The molecule has 3 aliphatic rings. The number of carbonyl (C=O) groups excluding carboxylic acids is 3. The summed E-state index contributed by atoms with van der Waals surface area (Å²) in [4.78, 5) is 34.1. The van der Waals surface area contributed by atoms with Gasteiger partial charge in [-0.3, -0.25) is 14.4 Å². The van der Waals surface area contributed by atoms with Crippen LogP contribution in [0.4, 0.5) is 0 Å². The predicted octanol–water partition coefficient (Wildman–Crippen LogP) is 0.289. The van der Waals surface area contributed by atoms with Crippen molar-refractivity contribution < 1.29 is 28.6 Å². The molecule has 3 rings (SSSR count). The first-order valence-corrected chi connectivity index (χ1v) is 6.50. The highest BCUT2D eigenvalue weighted by molar-refractivity contribution is 5.77. The van der Waals surface area contributed by atoms with Crippen LogP contribution in [0, 0.1) is 23.7 Å². The van der Waals surface area contributed by atoms with Gasteiger partial charge in [-0.05, 0) is 6.42 Å². The minimum atomic E-state index is -0.364. The lowest BCUT2D eigenvalue weighted by molar-refractivity contribution is -0.155.